The second kappa shape index (κ2) is 13.7. The minimum Gasteiger partial charge on any atom is -0.350 e. The Labute approximate surface area is 237 Å². The first-order valence-electron chi connectivity index (χ1n) is 14.5. The molecule has 0 saturated heterocycles. The van der Waals surface area contributed by atoms with Crippen LogP contribution in [0.15, 0.2) is 115 Å². The number of hydrogen-bond acceptors (Lipinski definition) is 2. The van der Waals surface area contributed by atoms with E-state index in [1.165, 1.54) is 18.4 Å². The number of carbonyl (C=O) groups excluding carboxylic acids is 2. The standard InChI is InChI=1S/C36H38N2O2/c39-35(31-23-21-29(22-24-31)28-15-7-2-8-16-28)38-34(36(40)37-26-27-13-5-1-6-14-27)20-12-4-11-19-32-25-33(32)30-17-9-3-10-18-30/h1-3,5-10,13-18,21-24,32-34H,4,11-12,19-20,25-26H2,(H,37,40)(H,38,39)/t32?,33?,34-/m0/s1. The van der Waals surface area contributed by atoms with Gasteiger partial charge in [0.15, 0.2) is 0 Å². The van der Waals surface area contributed by atoms with Crippen LogP contribution in [0, 0.1) is 5.92 Å². The molecule has 4 nitrogen and oxygen atoms in total. The fourth-order valence-corrected chi connectivity index (χ4v) is 5.47. The summed E-state index contributed by atoms with van der Waals surface area (Å²) in [5.74, 6) is 1.14. The van der Waals surface area contributed by atoms with Gasteiger partial charge in [0.25, 0.3) is 5.91 Å². The average Bonchev–Trinajstić information content (AvgIpc) is 3.80. The van der Waals surface area contributed by atoms with Gasteiger partial charge in [0.2, 0.25) is 5.91 Å². The van der Waals surface area contributed by atoms with Gasteiger partial charge in [0, 0.05) is 12.1 Å². The molecule has 1 aliphatic carbocycles. The molecule has 4 aromatic carbocycles. The van der Waals surface area contributed by atoms with Crippen LogP contribution in [0.5, 0.6) is 0 Å². The lowest BCUT2D eigenvalue weighted by Crippen LogP contribution is -2.46. The molecule has 2 amide bonds. The van der Waals surface area contributed by atoms with Crippen molar-refractivity contribution in [1.82, 2.24) is 10.6 Å². The van der Waals surface area contributed by atoms with Crippen molar-refractivity contribution >= 4 is 11.8 Å². The van der Waals surface area contributed by atoms with Crippen LogP contribution in [0.25, 0.3) is 11.1 Å². The zero-order valence-electron chi connectivity index (χ0n) is 23.0. The molecule has 40 heavy (non-hydrogen) atoms. The Morgan fingerprint density at radius 3 is 2.02 bits per heavy atom. The Morgan fingerprint density at radius 1 is 0.700 bits per heavy atom. The van der Waals surface area contributed by atoms with Gasteiger partial charge in [-0.05, 0) is 65.5 Å². The first-order valence-corrected chi connectivity index (χ1v) is 14.5. The largest absolute Gasteiger partial charge is 0.350 e. The number of carbonyl (C=O) groups is 2. The van der Waals surface area contributed by atoms with E-state index in [9.17, 15) is 9.59 Å². The second-order valence-corrected chi connectivity index (χ2v) is 10.8. The van der Waals surface area contributed by atoms with Gasteiger partial charge >= 0.3 is 0 Å². The molecule has 1 aliphatic rings. The van der Waals surface area contributed by atoms with E-state index >= 15 is 0 Å². The lowest BCUT2D eigenvalue weighted by Gasteiger charge is -2.19. The highest BCUT2D eigenvalue weighted by Crippen LogP contribution is 2.50. The lowest BCUT2D eigenvalue weighted by atomic mass is 10.0. The highest BCUT2D eigenvalue weighted by molar-refractivity contribution is 5.97. The van der Waals surface area contributed by atoms with Crippen molar-refractivity contribution in [3.8, 4) is 11.1 Å². The Kier molecular flexibility index (Phi) is 9.41. The van der Waals surface area contributed by atoms with Gasteiger partial charge in [-0.25, -0.2) is 0 Å². The highest BCUT2D eigenvalue weighted by Gasteiger charge is 2.37. The van der Waals surface area contributed by atoms with Crippen molar-refractivity contribution in [2.45, 2.75) is 57.0 Å². The zero-order chi connectivity index (χ0) is 27.6. The normalized spacial score (nSPS) is 16.6. The molecule has 5 rings (SSSR count). The first kappa shape index (κ1) is 27.4. The molecule has 1 fully saturated rings. The minimum absolute atomic E-state index is 0.135. The fourth-order valence-electron chi connectivity index (χ4n) is 5.47. The molecule has 204 valence electrons. The molecule has 2 N–H and O–H groups in total. The molecule has 0 radical (unpaired) electrons. The molecular formula is C36H38N2O2. The van der Waals surface area contributed by atoms with E-state index in [0.717, 1.165) is 41.9 Å². The summed E-state index contributed by atoms with van der Waals surface area (Å²) >= 11 is 0. The summed E-state index contributed by atoms with van der Waals surface area (Å²) in [6.45, 7) is 0.445. The van der Waals surface area contributed by atoms with E-state index < -0.39 is 6.04 Å². The summed E-state index contributed by atoms with van der Waals surface area (Å²) < 4.78 is 0. The van der Waals surface area contributed by atoms with Crippen LogP contribution < -0.4 is 10.6 Å². The van der Waals surface area contributed by atoms with Crippen molar-refractivity contribution in [2.75, 3.05) is 0 Å². The van der Waals surface area contributed by atoms with Crippen molar-refractivity contribution < 1.29 is 9.59 Å². The van der Waals surface area contributed by atoms with Crippen molar-refractivity contribution in [1.29, 1.82) is 0 Å². The fraction of sp³-hybridized carbons (Fsp3) is 0.278. The molecular weight excluding hydrogens is 492 g/mol. The maximum Gasteiger partial charge on any atom is 0.251 e. The van der Waals surface area contributed by atoms with Crippen molar-refractivity contribution in [3.05, 3.63) is 132 Å². The SMILES string of the molecule is O=C(N[C@@H](CCCCCC1CC1c1ccccc1)C(=O)NCc1ccccc1)c1ccc(-c2ccccc2)cc1. The smallest absolute Gasteiger partial charge is 0.251 e. The maximum atomic E-state index is 13.2. The molecule has 0 heterocycles. The molecule has 0 spiro atoms. The van der Waals surface area contributed by atoms with Gasteiger partial charge in [0.1, 0.15) is 6.04 Å². The summed E-state index contributed by atoms with van der Waals surface area (Å²) in [6, 6.07) is 37.7. The molecule has 4 aromatic rings. The van der Waals surface area contributed by atoms with Crippen LogP contribution in [-0.4, -0.2) is 17.9 Å². The quantitative estimate of drug-likeness (QED) is 0.176. The third-order valence-corrected chi connectivity index (χ3v) is 7.90. The predicted octanol–water partition coefficient (Wildman–Crippen LogP) is 7.52. The summed E-state index contributed by atoms with van der Waals surface area (Å²) in [6.07, 6.45) is 6.25. The number of amides is 2. The zero-order valence-corrected chi connectivity index (χ0v) is 23.0. The van der Waals surface area contributed by atoms with Crippen LogP contribution >= 0.6 is 0 Å². The predicted molar refractivity (Wildman–Crippen MR) is 162 cm³/mol. The molecule has 0 aromatic heterocycles. The average molecular weight is 531 g/mol. The Morgan fingerprint density at radius 2 is 1.32 bits per heavy atom. The van der Waals surface area contributed by atoms with Crippen molar-refractivity contribution in [3.63, 3.8) is 0 Å². The van der Waals surface area contributed by atoms with E-state index in [0.29, 0.717) is 24.4 Å². The molecule has 2 unspecified atom stereocenters. The van der Waals surface area contributed by atoms with Crippen LogP contribution in [0.3, 0.4) is 0 Å². The number of unbranched alkanes of at least 4 members (excludes halogenated alkanes) is 2. The lowest BCUT2D eigenvalue weighted by molar-refractivity contribution is -0.123. The van der Waals surface area contributed by atoms with Crippen molar-refractivity contribution in [2.24, 2.45) is 5.92 Å². The first-order chi connectivity index (χ1) is 19.7. The van der Waals surface area contributed by atoms with Gasteiger partial charge in [-0.1, -0.05) is 122 Å². The van der Waals surface area contributed by atoms with Gasteiger partial charge < -0.3 is 10.6 Å². The molecule has 1 saturated carbocycles. The Balaban J connectivity index is 1.14. The third-order valence-electron chi connectivity index (χ3n) is 7.90. The maximum absolute atomic E-state index is 13.2. The van der Waals surface area contributed by atoms with E-state index in [1.807, 2.05) is 84.9 Å². The monoisotopic (exact) mass is 530 g/mol. The van der Waals surface area contributed by atoms with E-state index in [2.05, 4.69) is 41.0 Å². The second-order valence-electron chi connectivity index (χ2n) is 10.8. The van der Waals surface area contributed by atoms with Crippen LogP contribution in [0.1, 0.15) is 65.9 Å². The topological polar surface area (TPSA) is 58.2 Å². The van der Waals surface area contributed by atoms with E-state index in [1.54, 1.807) is 0 Å². The number of nitrogens with one attached hydrogen (secondary N) is 2. The van der Waals surface area contributed by atoms with Gasteiger partial charge in [-0.15, -0.1) is 0 Å². The van der Waals surface area contributed by atoms with Gasteiger partial charge in [-0.3, -0.25) is 9.59 Å². The number of benzene rings is 4. The summed E-state index contributed by atoms with van der Waals surface area (Å²) in [5, 5.41) is 6.04. The molecule has 0 aliphatic heterocycles. The number of hydrogen-bond donors (Lipinski definition) is 2. The summed E-state index contributed by atoms with van der Waals surface area (Å²) in [7, 11) is 0. The van der Waals surface area contributed by atoms with E-state index in [4.69, 9.17) is 0 Å². The molecule has 0 bridgehead atoms. The van der Waals surface area contributed by atoms with Crippen LogP contribution in [0.2, 0.25) is 0 Å². The molecule has 3 atom stereocenters. The van der Waals surface area contributed by atoms with Crippen LogP contribution in [-0.2, 0) is 11.3 Å². The highest BCUT2D eigenvalue weighted by atomic mass is 16.2. The Hall–Kier alpha value is -4.18. The number of rotatable bonds is 13. The van der Waals surface area contributed by atoms with Gasteiger partial charge in [-0.2, -0.15) is 0 Å². The van der Waals surface area contributed by atoms with E-state index in [-0.39, 0.29) is 11.8 Å². The molecule has 4 heteroatoms. The summed E-state index contributed by atoms with van der Waals surface area (Å²) in [4.78, 5) is 26.3. The third kappa shape index (κ3) is 7.69. The minimum atomic E-state index is -0.567. The Bertz CT molecular complexity index is 1350. The summed E-state index contributed by atoms with van der Waals surface area (Å²) in [5.41, 5.74) is 5.21. The van der Waals surface area contributed by atoms with Crippen LogP contribution in [0.4, 0.5) is 0 Å². The van der Waals surface area contributed by atoms with Gasteiger partial charge in [0.05, 0.1) is 0 Å².